The van der Waals surface area contributed by atoms with Gasteiger partial charge in [-0.2, -0.15) is 4.31 Å². The van der Waals surface area contributed by atoms with E-state index in [-0.39, 0.29) is 36.5 Å². The minimum absolute atomic E-state index is 0.0285. The maximum absolute atomic E-state index is 13.1. The molecule has 2 fully saturated rings. The van der Waals surface area contributed by atoms with Crippen LogP contribution in [-0.4, -0.2) is 50.3 Å². The number of nitrogens with zero attached hydrogens (tertiary/aromatic N) is 1. The molecule has 1 aliphatic carbocycles. The van der Waals surface area contributed by atoms with Gasteiger partial charge < -0.3 is 10.1 Å². The molecule has 2 aliphatic rings. The average molecular weight is 455 g/mol. The summed E-state index contributed by atoms with van der Waals surface area (Å²) >= 11 is 0. The molecular formula is C22H31FN2O5S. The van der Waals surface area contributed by atoms with Crippen molar-refractivity contribution in [1.29, 1.82) is 0 Å². The van der Waals surface area contributed by atoms with Gasteiger partial charge >= 0.3 is 5.97 Å². The summed E-state index contributed by atoms with van der Waals surface area (Å²) in [5, 5.41) is 2.96. The first-order chi connectivity index (χ1) is 14.9. The first kappa shape index (κ1) is 23.7. The van der Waals surface area contributed by atoms with Crippen LogP contribution < -0.4 is 5.32 Å². The number of sulfonamides is 1. The summed E-state index contributed by atoms with van der Waals surface area (Å²) in [6, 6.07) is 4.84. The third-order valence-corrected chi connectivity index (χ3v) is 7.97. The molecule has 172 valence electrons. The van der Waals surface area contributed by atoms with Gasteiger partial charge in [-0.15, -0.1) is 0 Å². The SMILES string of the molecule is O=C(COC(=O)C1CCN(S(=O)(=O)c2ccc(F)cc2)CC1)NC1CCCCCCC1. The number of ether oxygens (including phenoxy) is 1. The maximum atomic E-state index is 13.1. The van der Waals surface area contributed by atoms with Gasteiger partial charge in [0.05, 0.1) is 10.8 Å². The summed E-state index contributed by atoms with van der Waals surface area (Å²) in [7, 11) is -3.73. The predicted octanol–water partition coefficient (Wildman–Crippen LogP) is 3.00. The van der Waals surface area contributed by atoms with Crippen LogP contribution in [0.4, 0.5) is 4.39 Å². The Bertz CT molecular complexity index is 843. The van der Waals surface area contributed by atoms with Crippen molar-refractivity contribution in [2.75, 3.05) is 19.7 Å². The third kappa shape index (κ3) is 6.74. The van der Waals surface area contributed by atoms with Crippen molar-refractivity contribution in [1.82, 2.24) is 9.62 Å². The van der Waals surface area contributed by atoms with E-state index in [0.717, 1.165) is 37.8 Å². The molecular weight excluding hydrogens is 423 g/mol. The Morgan fingerprint density at radius 1 is 0.968 bits per heavy atom. The Morgan fingerprint density at radius 3 is 2.16 bits per heavy atom. The third-order valence-electron chi connectivity index (χ3n) is 6.05. The monoisotopic (exact) mass is 454 g/mol. The lowest BCUT2D eigenvalue weighted by Gasteiger charge is -2.30. The Labute approximate surface area is 183 Å². The summed E-state index contributed by atoms with van der Waals surface area (Å²) in [5.41, 5.74) is 0. The van der Waals surface area contributed by atoms with Crippen LogP contribution in [0, 0.1) is 11.7 Å². The van der Waals surface area contributed by atoms with E-state index in [1.165, 1.54) is 35.7 Å². The van der Waals surface area contributed by atoms with Gasteiger partial charge in [0.2, 0.25) is 10.0 Å². The molecule has 1 amide bonds. The zero-order valence-electron chi connectivity index (χ0n) is 17.7. The zero-order valence-corrected chi connectivity index (χ0v) is 18.5. The fourth-order valence-electron chi connectivity index (χ4n) is 4.21. The van der Waals surface area contributed by atoms with Crippen molar-refractivity contribution in [2.45, 2.75) is 68.7 Å². The van der Waals surface area contributed by atoms with Crippen LogP contribution in [0.15, 0.2) is 29.2 Å². The molecule has 0 atom stereocenters. The van der Waals surface area contributed by atoms with Gasteiger partial charge in [0, 0.05) is 19.1 Å². The second-order valence-electron chi connectivity index (χ2n) is 8.35. The number of rotatable bonds is 6. The fraction of sp³-hybridized carbons (Fsp3) is 0.636. The lowest BCUT2D eigenvalue weighted by atomic mass is 9.97. The van der Waals surface area contributed by atoms with Crippen LogP contribution in [0.1, 0.15) is 57.8 Å². The van der Waals surface area contributed by atoms with E-state index in [0.29, 0.717) is 12.8 Å². The van der Waals surface area contributed by atoms with Crippen molar-refractivity contribution in [3.63, 3.8) is 0 Å². The quantitative estimate of drug-likeness (QED) is 0.667. The highest BCUT2D eigenvalue weighted by molar-refractivity contribution is 7.89. The van der Waals surface area contributed by atoms with Gasteiger partial charge in [0.25, 0.3) is 5.91 Å². The van der Waals surface area contributed by atoms with E-state index in [1.807, 2.05) is 0 Å². The van der Waals surface area contributed by atoms with Crippen LogP contribution in [0.25, 0.3) is 0 Å². The number of nitrogens with one attached hydrogen (secondary N) is 1. The topological polar surface area (TPSA) is 92.8 Å². The number of benzene rings is 1. The van der Waals surface area contributed by atoms with E-state index >= 15 is 0 Å². The second-order valence-corrected chi connectivity index (χ2v) is 10.3. The molecule has 9 heteroatoms. The standard InChI is InChI=1S/C22H31FN2O5S/c23-18-8-10-20(11-9-18)31(28,29)25-14-12-17(13-15-25)22(27)30-16-21(26)24-19-6-4-2-1-3-5-7-19/h8-11,17,19H,1-7,12-16H2,(H,24,26). The Morgan fingerprint density at radius 2 is 1.55 bits per heavy atom. The van der Waals surface area contributed by atoms with Crippen LogP contribution in [0.2, 0.25) is 0 Å². The molecule has 1 saturated heterocycles. The molecule has 1 aromatic rings. The molecule has 3 rings (SSSR count). The average Bonchev–Trinajstić information content (AvgIpc) is 2.74. The van der Waals surface area contributed by atoms with Crippen molar-refractivity contribution < 1.29 is 27.1 Å². The van der Waals surface area contributed by atoms with E-state index < -0.39 is 27.7 Å². The summed E-state index contributed by atoms with van der Waals surface area (Å²) in [4.78, 5) is 24.5. The van der Waals surface area contributed by atoms with Gasteiger partial charge in [-0.05, 0) is 49.9 Å². The minimum atomic E-state index is -3.73. The Balaban J connectivity index is 1.42. The van der Waals surface area contributed by atoms with Gasteiger partial charge in [0.15, 0.2) is 6.61 Å². The van der Waals surface area contributed by atoms with Crippen LogP contribution in [0.3, 0.4) is 0 Å². The van der Waals surface area contributed by atoms with Crippen LogP contribution in [-0.2, 0) is 24.3 Å². The van der Waals surface area contributed by atoms with E-state index in [1.54, 1.807) is 0 Å². The summed E-state index contributed by atoms with van der Waals surface area (Å²) in [5.74, 6) is -1.69. The molecule has 0 radical (unpaired) electrons. The lowest BCUT2D eigenvalue weighted by molar-refractivity contribution is -0.153. The molecule has 1 aromatic carbocycles. The first-order valence-corrected chi connectivity index (χ1v) is 12.5. The molecule has 7 nitrogen and oxygen atoms in total. The maximum Gasteiger partial charge on any atom is 0.309 e. The second kappa shape index (κ2) is 11.0. The van der Waals surface area contributed by atoms with Gasteiger partial charge in [-0.25, -0.2) is 12.8 Å². The summed E-state index contributed by atoms with van der Waals surface area (Å²) < 4.78 is 44.9. The number of hydrogen-bond acceptors (Lipinski definition) is 5. The van der Waals surface area contributed by atoms with E-state index in [4.69, 9.17) is 4.74 Å². The number of piperidine rings is 1. The molecule has 0 unspecified atom stereocenters. The van der Waals surface area contributed by atoms with Crippen LogP contribution in [0.5, 0.6) is 0 Å². The number of carbonyl (C=O) groups is 2. The number of amides is 1. The normalized spacial score (nSPS) is 19.9. The van der Waals surface area contributed by atoms with Crippen LogP contribution >= 0.6 is 0 Å². The summed E-state index contributed by atoms with van der Waals surface area (Å²) in [6.07, 6.45) is 8.40. The van der Waals surface area contributed by atoms with Crippen molar-refractivity contribution >= 4 is 21.9 Å². The van der Waals surface area contributed by atoms with Gasteiger partial charge in [-0.1, -0.05) is 32.1 Å². The largest absolute Gasteiger partial charge is 0.455 e. The highest BCUT2D eigenvalue weighted by Gasteiger charge is 2.33. The highest BCUT2D eigenvalue weighted by atomic mass is 32.2. The molecule has 1 N–H and O–H groups in total. The van der Waals surface area contributed by atoms with Gasteiger partial charge in [-0.3, -0.25) is 9.59 Å². The molecule has 0 aromatic heterocycles. The molecule has 1 aliphatic heterocycles. The number of esters is 1. The minimum Gasteiger partial charge on any atom is -0.455 e. The molecule has 31 heavy (non-hydrogen) atoms. The van der Waals surface area contributed by atoms with Gasteiger partial charge in [0.1, 0.15) is 5.82 Å². The fourth-order valence-corrected chi connectivity index (χ4v) is 5.68. The number of halogens is 1. The smallest absolute Gasteiger partial charge is 0.309 e. The summed E-state index contributed by atoms with van der Waals surface area (Å²) in [6.45, 7) is 0.0465. The molecule has 0 bridgehead atoms. The first-order valence-electron chi connectivity index (χ1n) is 11.1. The molecule has 1 saturated carbocycles. The zero-order chi connectivity index (χ0) is 22.3. The van der Waals surface area contributed by atoms with E-state index in [9.17, 15) is 22.4 Å². The van der Waals surface area contributed by atoms with Crippen molar-refractivity contribution in [3.8, 4) is 0 Å². The Kier molecular flexibility index (Phi) is 8.43. The Hall–Kier alpha value is -2.00. The van der Waals surface area contributed by atoms with Crippen molar-refractivity contribution in [2.24, 2.45) is 5.92 Å². The molecule has 0 spiro atoms. The number of hydrogen-bond donors (Lipinski definition) is 1. The molecule has 1 heterocycles. The lowest BCUT2D eigenvalue weighted by Crippen LogP contribution is -2.41. The number of carbonyl (C=O) groups excluding carboxylic acids is 2. The highest BCUT2D eigenvalue weighted by Crippen LogP contribution is 2.25. The van der Waals surface area contributed by atoms with E-state index in [2.05, 4.69) is 5.32 Å². The van der Waals surface area contributed by atoms with Crippen molar-refractivity contribution in [3.05, 3.63) is 30.1 Å². The predicted molar refractivity (Wildman–Crippen MR) is 113 cm³/mol.